The third kappa shape index (κ3) is 3.08. The molecule has 1 N–H and O–H groups in total. The molecule has 1 aliphatic rings. The van der Waals surface area contributed by atoms with Crippen LogP contribution in [0.4, 0.5) is 0 Å². The Morgan fingerprint density at radius 3 is 2.70 bits per heavy atom. The van der Waals surface area contributed by atoms with Crippen molar-refractivity contribution in [1.82, 2.24) is 14.5 Å². The molecule has 2 heterocycles. The summed E-state index contributed by atoms with van der Waals surface area (Å²) in [5.41, 5.74) is 1.34. The molecule has 2 atom stereocenters. The van der Waals surface area contributed by atoms with Gasteiger partial charge in [-0.3, -0.25) is 4.90 Å². The van der Waals surface area contributed by atoms with Crippen LogP contribution in [0.2, 0.25) is 0 Å². The van der Waals surface area contributed by atoms with Gasteiger partial charge in [-0.1, -0.05) is 30.3 Å². The molecule has 0 saturated carbocycles. The van der Waals surface area contributed by atoms with E-state index in [9.17, 15) is 5.11 Å². The Bertz CT molecular complexity index is 512. The fourth-order valence-corrected chi connectivity index (χ4v) is 2.94. The molecule has 0 aliphatic carbocycles. The van der Waals surface area contributed by atoms with Gasteiger partial charge in [-0.2, -0.15) is 0 Å². The maximum atomic E-state index is 10.3. The van der Waals surface area contributed by atoms with E-state index in [4.69, 9.17) is 0 Å². The lowest BCUT2D eigenvalue weighted by molar-refractivity contribution is 0.107. The minimum Gasteiger partial charge on any atom is -0.391 e. The number of hydrogen-bond acceptors (Lipinski definition) is 3. The fraction of sp³-hybridized carbons (Fsp3) is 0.438. The van der Waals surface area contributed by atoms with Gasteiger partial charge in [0.05, 0.1) is 18.5 Å². The highest BCUT2D eigenvalue weighted by molar-refractivity contribution is 5.14. The SMILES string of the molecule is O[C@H]1CCN(Cc2ccccc2)CC[C@@H]1n1ccnc1. The van der Waals surface area contributed by atoms with Crippen LogP contribution in [0.25, 0.3) is 0 Å². The monoisotopic (exact) mass is 271 g/mol. The minimum absolute atomic E-state index is 0.151. The second kappa shape index (κ2) is 6.20. The van der Waals surface area contributed by atoms with Crippen molar-refractivity contribution >= 4 is 0 Å². The van der Waals surface area contributed by atoms with Crippen LogP contribution in [0.15, 0.2) is 49.1 Å². The van der Waals surface area contributed by atoms with Gasteiger partial charge >= 0.3 is 0 Å². The van der Waals surface area contributed by atoms with Crippen molar-refractivity contribution in [3.8, 4) is 0 Å². The smallest absolute Gasteiger partial charge is 0.0949 e. The first-order valence-electron chi connectivity index (χ1n) is 7.25. The van der Waals surface area contributed by atoms with Gasteiger partial charge < -0.3 is 9.67 Å². The summed E-state index contributed by atoms with van der Waals surface area (Å²) in [7, 11) is 0. The van der Waals surface area contributed by atoms with E-state index in [0.717, 1.165) is 32.5 Å². The Labute approximate surface area is 119 Å². The van der Waals surface area contributed by atoms with Crippen molar-refractivity contribution < 1.29 is 5.11 Å². The van der Waals surface area contributed by atoms with Gasteiger partial charge in [0.15, 0.2) is 0 Å². The van der Waals surface area contributed by atoms with Crippen molar-refractivity contribution in [2.75, 3.05) is 13.1 Å². The summed E-state index contributed by atoms with van der Waals surface area (Å²) in [5.74, 6) is 0. The maximum absolute atomic E-state index is 10.3. The lowest BCUT2D eigenvalue weighted by Gasteiger charge is -2.21. The second-order valence-electron chi connectivity index (χ2n) is 5.48. The molecular formula is C16H21N3O. The number of aliphatic hydroxyl groups excluding tert-OH is 1. The summed E-state index contributed by atoms with van der Waals surface area (Å²) >= 11 is 0. The first-order valence-corrected chi connectivity index (χ1v) is 7.25. The molecule has 1 aromatic carbocycles. The summed E-state index contributed by atoms with van der Waals surface area (Å²) in [6, 6.07) is 10.7. The van der Waals surface area contributed by atoms with Crippen LogP contribution >= 0.6 is 0 Å². The van der Waals surface area contributed by atoms with Crippen LogP contribution in [0.1, 0.15) is 24.4 Å². The van der Waals surface area contributed by atoms with E-state index in [1.807, 2.05) is 16.8 Å². The molecular weight excluding hydrogens is 250 g/mol. The highest BCUT2D eigenvalue weighted by Crippen LogP contribution is 2.23. The van der Waals surface area contributed by atoms with Gasteiger partial charge in [0.1, 0.15) is 0 Å². The number of benzene rings is 1. The quantitative estimate of drug-likeness (QED) is 0.929. The summed E-state index contributed by atoms with van der Waals surface area (Å²) in [6.07, 6.45) is 7.02. The van der Waals surface area contributed by atoms with Crippen LogP contribution in [0, 0.1) is 0 Å². The predicted molar refractivity (Wildman–Crippen MR) is 78.2 cm³/mol. The van der Waals surface area contributed by atoms with Crippen molar-refractivity contribution in [3.63, 3.8) is 0 Å². The lowest BCUT2D eigenvalue weighted by atomic mass is 10.1. The Kier molecular flexibility index (Phi) is 4.14. The number of nitrogens with zero attached hydrogens (tertiary/aromatic N) is 3. The molecule has 1 aliphatic heterocycles. The van der Waals surface area contributed by atoms with Gasteiger partial charge in [-0.25, -0.2) is 4.98 Å². The third-order valence-corrected chi connectivity index (χ3v) is 4.08. The van der Waals surface area contributed by atoms with Crippen molar-refractivity contribution in [2.45, 2.75) is 31.5 Å². The van der Waals surface area contributed by atoms with Gasteiger partial charge in [-0.15, -0.1) is 0 Å². The third-order valence-electron chi connectivity index (χ3n) is 4.08. The van der Waals surface area contributed by atoms with Crippen LogP contribution in [-0.2, 0) is 6.54 Å². The zero-order chi connectivity index (χ0) is 13.8. The Balaban J connectivity index is 1.64. The predicted octanol–water partition coefficient (Wildman–Crippen LogP) is 2.08. The van der Waals surface area contributed by atoms with Crippen LogP contribution in [0.5, 0.6) is 0 Å². The number of likely N-dealkylation sites (tertiary alicyclic amines) is 1. The van der Waals surface area contributed by atoms with E-state index in [0.29, 0.717) is 0 Å². The molecule has 4 heteroatoms. The Hall–Kier alpha value is -1.65. The molecule has 3 rings (SSSR count). The number of aliphatic hydroxyl groups is 1. The standard InChI is InChI=1S/C16H21N3O/c20-16-7-10-18(12-14-4-2-1-3-5-14)9-6-15(16)19-11-8-17-13-19/h1-5,8,11,13,15-16,20H,6-7,9-10,12H2/t15-,16-/m0/s1. The largest absolute Gasteiger partial charge is 0.391 e. The summed E-state index contributed by atoms with van der Waals surface area (Å²) < 4.78 is 2.04. The van der Waals surface area contributed by atoms with Crippen molar-refractivity contribution in [1.29, 1.82) is 0 Å². The van der Waals surface area contributed by atoms with Crippen LogP contribution in [0.3, 0.4) is 0 Å². The number of aromatic nitrogens is 2. The molecule has 20 heavy (non-hydrogen) atoms. The molecule has 0 amide bonds. The minimum atomic E-state index is -0.287. The van der Waals surface area contributed by atoms with Crippen LogP contribution in [-0.4, -0.2) is 38.8 Å². The number of imidazole rings is 1. The normalized spacial score (nSPS) is 24.4. The number of rotatable bonds is 3. The second-order valence-corrected chi connectivity index (χ2v) is 5.48. The van der Waals surface area contributed by atoms with E-state index in [1.165, 1.54) is 5.56 Å². The highest BCUT2D eigenvalue weighted by atomic mass is 16.3. The van der Waals surface area contributed by atoms with Gasteiger partial charge in [0, 0.05) is 32.0 Å². The molecule has 106 valence electrons. The number of hydrogen-bond donors (Lipinski definition) is 1. The topological polar surface area (TPSA) is 41.3 Å². The molecule has 0 spiro atoms. The zero-order valence-electron chi connectivity index (χ0n) is 11.6. The first-order chi connectivity index (χ1) is 9.83. The average Bonchev–Trinajstić information content (AvgIpc) is 2.94. The van der Waals surface area contributed by atoms with Crippen LogP contribution < -0.4 is 0 Å². The summed E-state index contributed by atoms with van der Waals surface area (Å²) in [5, 5.41) is 10.3. The first kappa shape index (κ1) is 13.3. The Morgan fingerprint density at radius 1 is 1.15 bits per heavy atom. The molecule has 0 radical (unpaired) electrons. The van der Waals surface area contributed by atoms with E-state index in [2.05, 4.69) is 34.1 Å². The van der Waals surface area contributed by atoms with E-state index >= 15 is 0 Å². The van der Waals surface area contributed by atoms with Crippen molar-refractivity contribution in [2.24, 2.45) is 0 Å². The lowest BCUT2D eigenvalue weighted by Crippen LogP contribution is -2.24. The molecule has 0 bridgehead atoms. The van der Waals surface area contributed by atoms with E-state index in [-0.39, 0.29) is 12.1 Å². The zero-order valence-corrected chi connectivity index (χ0v) is 11.6. The molecule has 2 aromatic rings. The summed E-state index contributed by atoms with van der Waals surface area (Å²) in [4.78, 5) is 6.51. The molecule has 1 saturated heterocycles. The van der Waals surface area contributed by atoms with Gasteiger partial charge in [-0.05, 0) is 18.4 Å². The molecule has 4 nitrogen and oxygen atoms in total. The summed E-state index contributed by atoms with van der Waals surface area (Å²) in [6.45, 7) is 2.92. The average molecular weight is 271 g/mol. The maximum Gasteiger partial charge on any atom is 0.0949 e. The molecule has 1 aromatic heterocycles. The molecule has 1 fully saturated rings. The van der Waals surface area contributed by atoms with E-state index in [1.54, 1.807) is 12.5 Å². The highest BCUT2D eigenvalue weighted by Gasteiger charge is 2.25. The fourth-order valence-electron chi connectivity index (χ4n) is 2.94. The Morgan fingerprint density at radius 2 is 1.95 bits per heavy atom. The van der Waals surface area contributed by atoms with Gasteiger partial charge in [0.2, 0.25) is 0 Å². The van der Waals surface area contributed by atoms with Gasteiger partial charge in [0.25, 0.3) is 0 Å². The molecule has 0 unspecified atom stereocenters. The van der Waals surface area contributed by atoms with Crippen molar-refractivity contribution in [3.05, 3.63) is 54.6 Å². The van der Waals surface area contributed by atoms with E-state index < -0.39 is 0 Å².